The third-order valence-corrected chi connectivity index (χ3v) is 4.16. The molecule has 3 aromatic rings. The zero-order valence-corrected chi connectivity index (χ0v) is 12.2. The van der Waals surface area contributed by atoms with Gasteiger partial charge in [0, 0.05) is 0 Å². The van der Waals surface area contributed by atoms with Crippen LogP contribution in [0.5, 0.6) is 0 Å². The molecule has 1 radical (unpaired) electrons. The van der Waals surface area contributed by atoms with Crippen LogP contribution < -0.4 is 0 Å². The van der Waals surface area contributed by atoms with Gasteiger partial charge in [-0.05, 0) is 18.4 Å². The molecule has 1 aromatic carbocycles. The standard InChI is InChI=1S/C17H19N4/c1-3-10-17(4-2,14-8-6-5-7-9-14)21-13-20-15-11-18-12-19-16(15)21/h5-9,11-13H,1,3-4,10H2,2H3/p+1. The SMILES string of the molecule is [CH2]CCC(CC)(c1ccccc1)n1cnc2cncnc21.[H+]. The maximum absolute atomic E-state index is 4.46. The lowest BCUT2D eigenvalue weighted by molar-refractivity contribution is 0.324. The number of hydrogen-bond acceptors (Lipinski definition) is 3. The summed E-state index contributed by atoms with van der Waals surface area (Å²) in [7, 11) is 0. The van der Waals surface area contributed by atoms with Crippen LogP contribution in [0.2, 0.25) is 0 Å². The number of aromatic nitrogens is 4. The predicted octanol–water partition coefficient (Wildman–Crippen LogP) is 3.71. The first kappa shape index (κ1) is 13.7. The fourth-order valence-corrected chi connectivity index (χ4v) is 3.08. The van der Waals surface area contributed by atoms with E-state index in [4.69, 9.17) is 0 Å². The van der Waals surface area contributed by atoms with Gasteiger partial charge in [-0.1, -0.05) is 50.6 Å². The monoisotopic (exact) mass is 280 g/mol. The Balaban J connectivity index is 0.00000176. The summed E-state index contributed by atoms with van der Waals surface area (Å²) in [6.07, 6.45) is 7.98. The van der Waals surface area contributed by atoms with Gasteiger partial charge >= 0.3 is 1.43 Å². The van der Waals surface area contributed by atoms with Crippen molar-refractivity contribution in [2.45, 2.75) is 31.7 Å². The van der Waals surface area contributed by atoms with E-state index < -0.39 is 0 Å². The Labute approximate surface area is 126 Å². The molecule has 1 atom stereocenters. The second-order valence-electron chi connectivity index (χ2n) is 5.20. The van der Waals surface area contributed by atoms with Crippen molar-refractivity contribution in [1.29, 1.82) is 0 Å². The molecule has 0 spiro atoms. The Hall–Kier alpha value is -2.23. The highest BCUT2D eigenvalue weighted by Crippen LogP contribution is 2.36. The Kier molecular flexibility index (Phi) is 3.69. The summed E-state index contributed by atoms with van der Waals surface area (Å²) in [4.78, 5) is 12.9. The van der Waals surface area contributed by atoms with Crippen molar-refractivity contribution in [3.05, 3.63) is 61.7 Å². The lowest BCUT2D eigenvalue weighted by Crippen LogP contribution is -2.34. The molecule has 0 aliphatic carbocycles. The minimum atomic E-state index is -0.161. The first-order valence-corrected chi connectivity index (χ1v) is 7.30. The Bertz CT molecular complexity index is 726. The number of nitrogens with zero attached hydrogens (tertiary/aromatic N) is 4. The van der Waals surface area contributed by atoms with E-state index in [2.05, 4.69) is 57.6 Å². The smallest absolute Gasteiger partial charge is 0.305 e. The molecule has 2 heterocycles. The van der Waals surface area contributed by atoms with Crippen LogP contribution in [0.3, 0.4) is 0 Å². The van der Waals surface area contributed by atoms with Gasteiger partial charge in [-0.2, -0.15) is 0 Å². The molecule has 107 valence electrons. The molecule has 0 N–H and O–H groups in total. The van der Waals surface area contributed by atoms with Crippen LogP contribution in [0.1, 0.15) is 33.2 Å². The van der Waals surface area contributed by atoms with Crippen molar-refractivity contribution in [2.24, 2.45) is 0 Å². The van der Waals surface area contributed by atoms with E-state index in [1.165, 1.54) is 5.56 Å². The number of benzene rings is 1. The van der Waals surface area contributed by atoms with Crippen LogP contribution in [0.15, 0.2) is 49.2 Å². The molecular weight excluding hydrogens is 260 g/mol. The Morgan fingerprint density at radius 3 is 2.76 bits per heavy atom. The zero-order valence-electron chi connectivity index (χ0n) is 13.2. The van der Waals surface area contributed by atoms with Crippen molar-refractivity contribution < 1.29 is 1.43 Å². The van der Waals surface area contributed by atoms with Crippen LogP contribution in [-0.4, -0.2) is 19.5 Å². The zero-order chi connectivity index (χ0) is 14.7. The lowest BCUT2D eigenvalue weighted by Gasteiger charge is -2.35. The van der Waals surface area contributed by atoms with E-state index in [9.17, 15) is 0 Å². The topological polar surface area (TPSA) is 43.6 Å². The highest BCUT2D eigenvalue weighted by molar-refractivity contribution is 5.69. The third kappa shape index (κ3) is 2.20. The van der Waals surface area contributed by atoms with Crippen LogP contribution in [0.25, 0.3) is 11.2 Å². The summed E-state index contributed by atoms with van der Waals surface area (Å²) in [5.41, 5.74) is 2.82. The number of rotatable bonds is 5. The molecule has 4 nitrogen and oxygen atoms in total. The van der Waals surface area contributed by atoms with Crippen molar-refractivity contribution in [3.63, 3.8) is 0 Å². The average molecular weight is 280 g/mol. The van der Waals surface area contributed by atoms with Crippen LogP contribution in [0, 0.1) is 6.92 Å². The summed E-state index contributed by atoms with van der Waals surface area (Å²) < 4.78 is 2.19. The second kappa shape index (κ2) is 5.64. The maximum atomic E-state index is 4.46. The van der Waals surface area contributed by atoms with Crippen molar-refractivity contribution in [2.75, 3.05) is 0 Å². The maximum Gasteiger partial charge on any atom is 1.00 e. The highest BCUT2D eigenvalue weighted by Gasteiger charge is 2.33. The number of fused-ring (bicyclic) bond motifs is 1. The van der Waals surface area contributed by atoms with Gasteiger partial charge in [0.05, 0.1) is 18.1 Å². The quantitative estimate of drug-likeness (QED) is 0.715. The fourth-order valence-electron chi connectivity index (χ4n) is 3.08. The van der Waals surface area contributed by atoms with Crippen LogP contribution in [-0.2, 0) is 5.54 Å². The molecule has 21 heavy (non-hydrogen) atoms. The Morgan fingerprint density at radius 1 is 1.24 bits per heavy atom. The fraction of sp³-hybridized carbons (Fsp3) is 0.294. The van der Waals surface area contributed by atoms with Crippen molar-refractivity contribution in [3.8, 4) is 0 Å². The molecule has 0 saturated heterocycles. The first-order chi connectivity index (χ1) is 10.3. The van der Waals surface area contributed by atoms with Gasteiger partial charge in [0.2, 0.25) is 0 Å². The molecule has 2 aromatic heterocycles. The minimum Gasteiger partial charge on any atom is -0.305 e. The molecule has 1 unspecified atom stereocenters. The van der Waals surface area contributed by atoms with Gasteiger partial charge in [-0.3, -0.25) is 0 Å². The largest absolute Gasteiger partial charge is 1.00 e. The van der Waals surface area contributed by atoms with Gasteiger partial charge in [0.15, 0.2) is 5.65 Å². The van der Waals surface area contributed by atoms with E-state index >= 15 is 0 Å². The van der Waals surface area contributed by atoms with Gasteiger partial charge in [-0.25, -0.2) is 15.0 Å². The predicted molar refractivity (Wildman–Crippen MR) is 84.8 cm³/mol. The molecule has 0 fully saturated rings. The van der Waals surface area contributed by atoms with E-state index in [0.717, 1.165) is 30.4 Å². The van der Waals surface area contributed by atoms with E-state index in [0.29, 0.717) is 0 Å². The molecular formula is C17H20N4+. The van der Waals surface area contributed by atoms with Gasteiger partial charge < -0.3 is 4.57 Å². The summed E-state index contributed by atoms with van der Waals surface area (Å²) >= 11 is 0. The van der Waals surface area contributed by atoms with E-state index in [1.807, 2.05) is 12.4 Å². The average Bonchev–Trinajstić information content (AvgIpc) is 2.98. The summed E-state index contributed by atoms with van der Waals surface area (Å²) in [6.45, 7) is 6.27. The molecule has 0 aliphatic heterocycles. The van der Waals surface area contributed by atoms with Crippen LogP contribution >= 0.6 is 0 Å². The first-order valence-electron chi connectivity index (χ1n) is 7.30. The van der Waals surface area contributed by atoms with Gasteiger partial charge in [0.1, 0.15) is 11.8 Å². The van der Waals surface area contributed by atoms with Crippen molar-refractivity contribution >= 4 is 11.2 Å². The minimum absolute atomic E-state index is 0. The third-order valence-electron chi connectivity index (χ3n) is 4.16. The highest BCUT2D eigenvalue weighted by atomic mass is 15.2. The number of hydrogen-bond donors (Lipinski definition) is 0. The molecule has 0 bridgehead atoms. The normalized spacial score (nSPS) is 14.2. The van der Waals surface area contributed by atoms with Gasteiger partial charge in [0.25, 0.3) is 0 Å². The second-order valence-corrected chi connectivity index (χ2v) is 5.20. The van der Waals surface area contributed by atoms with E-state index in [-0.39, 0.29) is 6.97 Å². The molecule has 0 aliphatic rings. The molecule has 4 heteroatoms. The van der Waals surface area contributed by atoms with Crippen molar-refractivity contribution in [1.82, 2.24) is 19.5 Å². The molecule has 0 saturated carbocycles. The Morgan fingerprint density at radius 2 is 2.05 bits per heavy atom. The summed E-state index contributed by atoms with van der Waals surface area (Å²) in [5, 5.41) is 0. The summed E-state index contributed by atoms with van der Waals surface area (Å²) in [5.74, 6) is 0. The lowest BCUT2D eigenvalue weighted by atomic mass is 9.83. The summed E-state index contributed by atoms with van der Waals surface area (Å²) in [6, 6.07) is 10.6. The van der Waals surface area contributed by atoms with Gasteiger partial charge in [-0.15, -0.1) is 0 Å². The molecule has 3 rings (SSSR count). The molecule has 0 amide bonds. The number of imidazole rings is 1. The van der Waals surface area contributed by atoms with E-state index in [1.54, 1.807) is 12.5 Å². The van der Waals surface area contributed by atoms with Crippen LogP contribution in [0.4, 0.5) is 0 Å².